The Morgan fingerprint density at radius 3 is 2.55 bits per heavy atom. The summed E-state index contributed by atoms with van der Waals surface area (Å²) >= 11 is 0. The molecule has 0 saturated carbocycles. The SMILES string of the molecule is CCN(CC)C(C)N1CCNC(c2ccccc2)C1=O. The molecule has 1 aromatic rings. The first-order valence-electron chi connectivity index (χ1n) is 7.51. The molecule has 2 unspecified atom stereocenters. The maximum Gasteiger partial charge on any atom is 0.245 e. The van der Waals surface area contributed by atoms with E-state index in [4.69, 9.17) is 0 Å². The highest BCUT2D eigenvalue weighted by Gasteiger charge is 2.33. The fourth-order valence-corrected chi connectivity index (χ4v) is 2.92. The monoisotopic (exact) mass is 275 g/mol. The Hall–Kier alpha value is -1.39. The van der Waals surface area contributed by atoms with Gasteiger partial charge in [-0.15, -0.1) is 0 Å². The Balaban J connectivity index is 2.15. The first kappa shape index (κ1) is 15.0. The summed E-state index contributed by atoms with van der Waals surface area (Å²) < 4.78 is 0. The second kappa shape index (κ2) is 6.86. The third-order valence-electron chi connectivity index (χ3n) is 4.16. The second-order valence-corrected chi connectivity index (χ2v) is 5.18. The fraction of sp³-hybridized carbons (Fsp3) is 0.562. The topological polar surface area (TPSA) is 35.6 Å². The maximum atomic E-state index is 12.7. The van der Waals surface area contributed by atoms with Crippen LogP contribution in [0.3, 0.4) is 0 Å². The van der Waals surface area contributed by atoms with Crippen molar-refractivity contribution >= 4 is 5.91 Å². The van der Waals surface area contributed by atoms with E-state index in [1.165, 1.54) is 0 Å². The summed E-state index contributed by atoms with van der Waals surface area (Å²) in [6.45, 7) is 9.95. The van der Waals surface area contributed by atoms with Crippen LogP contribution in [-0.4, -0.2) is 48.1 Å². The second-order valence-electron chi connectivity index (χ2n) is 5.18. The normalized spacial score (nSPS) is 21.3. The summed E-state index contributed by atoms with van der Waals surface area (Å²) in [7, 11) is 0. The summed E-state index contributed by atoms with van der Waals surface area (Å²) in [5.74, 6) is 0.182. The van der Waals surface area contributed by atoms with Crippen LogP contribution >= 0.6 is 0 Å². The van der Waals surface area contributed by atoms with Gasteiger partial charge in [0.05, 0.1) is 6.17 Å². The Kier molecular flexibility index (Phi) is 5.15. The Morgan fingerprint density at radius 1 is 1.30 bits per heavy atom. The van der Waals surface area contributed by atoms with E-state index in [9.17, 15) is 4.79 Å². The highest BCUT2D eigenvalue weighted by Crippen LogP contribution is 2.21. The number of carbonyl (C=O) groups is 1. The number of piperazine rings is 1. The smallest absolute Gasteiger partial charge is 0.245 e. The summed E-state index contributed by atoms with van der Waals surface area (Å²) in [5, 5.41) is 3.34. The van der Waals surface area contributed by atoms with Crippen molar-refractivity contribution in [3.05, 3.63) is 35.9 Å². The Bertz CT molecular complexity index is 431. The number of amides is 1. The van der Waals surface area contributed by atoms with Gasteiger partial charge in [0.15, 0.2) is 0 Å². The van der Waals surface area contributed by atoms with E-state index in [1.807, 2.05) is 35.2 Å². The first-order valence-corrected chi connectivity index (χ1v) is 7.51. The predicted molar refractivity (Wildman–Crippen MR) is 81.3 cm³/mol. The van der Waals surface area contributed by atoms with Crippen LogP contribution < -0.4 is 5.32 Å². The molecule has 0 radical (unpaired) electrons. The largest absolute Gasteiger partial charge is 0.324 e. The van der Waals surface area contributed by atoms with Crippen molar-refractivity contribution in [2.45, 2.75) is 33.0 Å². The third-order valence-corrected chi connectivity index (χ3v) is 4.16. The van der Waals surface area contributed by atoms with Crippen molar-refractivity contribution in [2.24, 2.45) is 0 Å². The molecule has 1 aliphatic rings. The van der Waals surface area contributed by atoms with E-state index in [0.29, 0.717) is 0 Å². The number of benzene rings is 1. The lowest BCUT2D eigenvalue weighted by atomic mass is 10.0. The summed E-state index contributed by atoms with van der Waals surface area (Å²) in [6, 6.07) is 9.77. The molecule has 20 heavy (non-hydrogen) atoms. The van der Waals surface area contributed by atoms with Gasteiger partial charge in [0.1, 0.15) is 6.04 Å². The number of rotatable bonds is 5. The van der Waals surface area contributed by atoms with E-state index < -0.39 is 0 Å². The van der Waals surface area contributed by atoms with Crippen molar-refractivity contribution in [1.29, 1.82) is 0 Å². The van der Waals surface area contributed by atoms with Gasteiger partial charge in [-0.25, -0.2) is 0 Å². The van der Waals surface area contributed by atoms with E-state index in [2.05, 4.69) is 31.0 Å². The lowest BCUT2D eigenvalue weighted by Gasteiger charge is -2.41. The molecule has 0 spiro atoms. The van der Waals surface area contributed by atoms with Crippen molar-refractivity contribution in [2.75, 3.05) is 26.2 Å². The molecular formula is C16H25N3O. The molecular weight excluding hydrogens is 250 g/mol. The molecule has 1 fully saturated rings. The van der Waals surface area contributed by atoms with E-state index in [-0.39, 0.29) is 18.1 Å². The van der Waals surface area contributed by atoms with Crippen LogP contribution in [0, 0.1) is 0 Å². The predicted octanol–water partition coefficient (Wildman–Crippen LogP) is 1.85. The zero-order valence-corrected chi connectivity index (χ0v) is 12.7. The molecule has 0 bridgehead atoms. The molecule has 4 heteroatoms. The van der Waals surface area contributed by atoms with Gasteiger partial charge in [0.2, 0.25) is 5.91 Å². The molecule has 1 aromatic carbocycles. The molecule has 2 rings (SSSR count). The molecule has 2 atom stereocenters. The van der Waals surface area contributed by atoms with Gasteiger partial charge >= 0.3 is 0 Å². The molecule has 0 aliphatic carbocycles. The number of nitrogens with zero attached hydrogens (tertiary/aromatic N) is 2. The van der Waals surface area contributed by atoms with Crippen LogP contribution in [0.2, 0.25) is 0 Å². The zero-order valence-electron chi connectivity index (χ0n) is 12.7. The van der Waals surface area contributed by atoms with Crippen LogP contribution in [0.15, 0.2) is 30.3 Å². The maximum absolute atomic E-state index is 12.7. The minimum atomic E-state index is -0.206. The van der Waals surface area contributed by atoms with Crippen LogP contribution in [0.25, 0.3) is 0 Å². The first-order chi connectivity index (χ1) is 9.69. The van der Waals surface area contributed by atoms with Gasteiger partial charge in [0, 0.05) is 13.1 Å². The van der Waals surface area contributed by atoms with E-state index in [0.717, 1.165) is 31.7 Å². The van der Waals surface area contributed by atoms with Crippen molar-refractivity contribution in [3.8, 4) is 0 Å². The van der Waals surface area contributed by atoms with Gasteiger partial charge in [-0.05, 0) is 25.6 Å². The zero-order chi connectivity index (χ0) is 14.5. The summed E-state index contributed by atoms with van der Waals surface area (Å²) in [5.41, 5.74) is 1.05. The fourth-order valence-electron chi connectivity index (χ4n) is 2.92. The van der Waals surface area contributed by atoms with Crippen LogP contribution in [0.5, 0.6) is 0 Å². The molecule has 1 saturated heterocycles. The Morgan fingerprint density at radius 2 is 1.95 bits per heavy atom. The molecule has 1 aliphatic heterocycles. The van der Waals surface area contributed by atoms with Gasteiger partial charge in [-0.2, -0.15) is 0 Å². The number of nitrogens with one attached hydrogen (secondary N) is 1. The number of hydrogen-bond acceptors (Lipinski definition) is 3. The van der Waals surface area contributed by atoms with Crippen LogP contribution in [0.1, 0.15) is 32.4 Å². The molecule has 1 amide bonds. The van der Waals surface area contributed by atoms with Gasteiger partial charge in [-0.1, -0.05) is 44.2 Å². The highest BCUT2D eigenvalue weighted by molar-refractivity contribution is 5.84. The number of carbonyl (C=O) groups excluding carboxylic acids is 1. The quantitative estimate of drug-likeness (QED) is 0.891. The minimum Gasteiger partial charge on any atom is -0.324 e. The molecule has 110 valence electrons. The molecule has 1 heterocycles. The van der Waals surface area contributed by atoms with Crippen molar-refractivity contribution in [3.63, 3.8) is 0 Å². The van der Waals surface area contributed by atoms with Crippen molar-refractivity contribution < 1.29 is 4.79 Å². The van der Waals surface area contributed by atoms with Gasteiger partial charge in [-0.3, -0.25) is 9.69 Å². The summed E-state index contributed by atoms with van der Waals surface area (Å²) in [4.78, 5) is 17.1. The molecule has 0 aromatic heterocycles. The minimum absolute atomic E-state index is 0.158. The average Bonchev–Trinajstić information content (AvgIpc) is 2.49. The molecule has 1 N–H and O–H groups in total. The van der Waals surface area contributed by atoms with E-state index >= 15 is 0 Å². The van der Waals surface area contributed by atoms with E-state index in [1.54, 1.807) is 0 Å². The third kappa shape index (κ3) is 3.02. The highest BCUT2D eigenvalue weighted by atomic mass is 16.2. The Labute approximate surface area is 121 Å². The number of hydrogen-bond donors (Lipinski definition) is 1. The van der Waals surface area contributed by atoms with Gasteiger partial charge < -0.3 is 10.2 Å². The standard InChI is InChI=1S/C16H25N3O/c1-4-18(5-2)13(3)19-12-11-17-15(16(19)20)14-9-7-6-8-10-14/h6-10,13,15,17H,4-5,11-12H2,1-3H3. The molecule has 4 nitrogen and oxygen atoms in total. The van der Waals surface area contributed by atoms with Gasteiger partial charge in [0.25, 0.3) is 0 Å². The van der Waals surface area contributed by atoms with Crippen LogP contribution in [0.4, 0.5) is 0 Å². The van der Waals surface area contributed by atoms with Crippen LogP contribution in [-0.2, 0) is 4.79 Å². The lowest BCUT2D eigenvalue weighted by Crippen LogP contribution is -2.57. The van der Waals surface area contributed by atoms with Crippen molar-refractivity contribution in [1.82, 2.24) is 15.1 Å². The summed E-state index contributed by atoms with van der Waals surface area (Å²) in [6.07, 6.45) is 0.158. The lowest BCUT2D eigenvalue weighted by molar-refractivity contribution is -0.142. The average molecular weight is 275 g/mol.